The van der Waals surface area contributed by atoms with Crippen LogP contribution in [0, 0.1) is 0 Å². The van der Waals surface area contributed by atoms with Gasteiger partial charge >= 0.3 is 6.18 Å². The zero-order valence-electron chi connectivity index (χ0n) is 9.86. The molecule has 16 heavy (non-hydrogen) atoms. The molecule has 2 unspecified atom stereocenters. The van der Waals surface area contributed by atoms with Crippen molar-refractivity contribution in [2.75, 3.05) is 13.7 Å². The summed E-state index contributed by atoms with van der Waals surface area (Å²) in [6.07, 6.45) is -2.17. The van der Waals surface area contributed by atoms with Crippen LogP contribution in [0.25, 0.3) is 0 Å². The molecule has 1 saturated heterocycles. The molecule has 1 heterocycles. The summed E-state index contributed by atoms with van der Waals surface area (Å²) in [7, 11) is 1.78. The van der Waals surface area contributed by atoms with E-state index in [4.69, 9.17) is 4.74 Å². The van der Waals surface area contributed by atoms with Gasteiger partial charge in [-0.3, -0.25) is 0 Å². The van der Waals surface area contributed by atoms with Gasteiger partial charge < -0.3 is 10.1 Å². The van der Waals surface area contributed by atoms with Gasteiger partial charge in [-0.1, -0.05) is 0 Å². The summed E-state index contributed by atoms with van der Waals surface area (Å²) < 4.78 is 41.7. The summed E-state index contributed by atoms with van der Waals surface area (Å²) in [5.74, 6) is 0. The number of nitrogens with one attached hydrogen (secondary N) is 1. The fourth-order valence-corrected chi connectivity index (χ4v) is 2.34. The summed E-state index contributed by atoms with van der Waals surface area (Å²) in [5, 5.41) is 3.08. The largest absolute Gasteiger partial charge is 0.389 e. The molecule has 0 radical (unpaired) electrons. The average molecular weight is 239 g/mol. The van der Waals surface area contributed by atoms with Crippen molar-refractivity contribution >= 4 is 0 Å². The second kappa shape index (κ2) is 5.36. The summed E-state index contributed by atoms with van der Waals surface area (Å²) in [6.45, 7) is 2.70. The lowest BCUT2D eigenvalue weighted by Crippen LogP contribution is -2.47. The second-order valence-corrected chi connectivity index (χ2v) is 4.61. The Morgan fingerprint density at radius 3 is 2.56 bits per heavy atom. The first-order chi connectivity index (χ1) is 7.37. The smallest absolute Gasteiger partial charge is 0.374 e. The molecule has 0 bridgehead atoms. The Balaban J connectivity index is 2.37. The molecule has 1 aliphatic heterocycles. The highest BCUT2D eigenvalue weighted by molar-refractivity contribution is 4.91. The normalized spacial score (nSPS) is 28.3. The topological polar surface area (TPSA) is 21.3 Å². The van der Waals surface area contributed by atoms with Gasteiger partial charge in [-0.25, -0.2) is 0 Å². The van der Waals surface area contributed by atoms with Crippen molar-refractivity contribution in [2.24, 2.45) is 0 Å². The maximum absolute atomic E-state index is 12.0. The number of hydrogen-bond donors (Lipinski definition) is 1. The van der Waals surface area contributed by atoms with Crippen LogP contribution >= 0.6 is 0 Å². The molecule has 1 rings (SSSR count). The summed E-state index contributed by atoms with van der Waals surface area (Å²) in [6, 6.07) is 0.0114. The molecule has 2 nitrogen and oxygen atoms in total. The predicted octanol–water partition coefficient (Wildman–Crippen LogP) is 2.88. The quantitative estimate of drug-likeness (QED) is 0.796. The van der Waals surface area contributed by atoms with Gasteiger partial charge in [0.15, 0.2) is 0 Å². The van der Waals surface area contributed by atoms with Crippen LogP contribution in [-0.2, 0) is 4.74 Å². The molecule has 1 N–H and O–H groups in total. The van der Waals surface area contributed by atoms with Crippen LogP contribution in [-0.4, -0.2) is 31.5 Å². The molecule has 0 aliphatic carbocycles. The average Bonchev–Trinajstić information content (AvgIpc) is 2.59. The first-order valence-corrected chi connectivity index (χ1v) is 5.75. The van der Waals surface area contributed by atoms with Crippen LogP contribution in [0.2, 0.25) is 0 Å². The van der Waals surface area contributed by atoms with Gasteiger partial charge in [0.05, 0.1) is 5.60 Å². The minimum Gasteiger partial charge on any atom is -0.374 e. The van der Waals surface area contributed by atoms with Crippen LogP contribution in [0.15, 0.2) is 0 Å². The third-order valence-electron chi connectivity index (χ3n) is 3.29. The van der Waals surface area contributed by atoms with Crippen LogP contribution in [0.5, 0.6) is 0 Å². The Kier molecular flexibility index (Phi) is 4.62. The fraction of sp³-hybridized carbons (Fsp3) is 1.00. The highest BCUT2D eigenvalue weighted by Gasteiger charge is 2.37. The van der Waals surface area contributed by atoms with Crippen LogP contribution < -0.4 is 5.32 Å². The van der Waals surface area contributed by atoms with Gasteiger partial charge in [0.25, 0.3) is 0 Å². The van der Waals surface area contributed by atoms with Gasteiger partial charge in [0.2, 0.25) is 0 Å². The third-order valence-corrected chi connectivity index (χ3v) is 3.29. The Hall–Kier alpha value is -0.290. The molecule has 96 valence electrons. The van der Waals surface area contributed by atoms with Crippen LogP contribution in [0.1, 0.15) is 39.0 Å². The first kappa shape index (κ1) is 13.8. The SMILES string of the molecule is CNC(CCCC(F)(F)F)C1(C)CCCO1. The van der Waals surface area contributed by atoms with Gasteiger partial charge in [-0.05, 0) is 39.7 Å². The van der Waals surface area contributed by atoms with Gasteiger partial charge in [0.1, 0.15) is 0 Å². The Morgan fingerprint density at radius 1 is 1.44 bits per heavy atom. The fourth-order valence-electron chi connectivity index (χ4n) is 2.34. The number of halogens is 3. The molecule has 0 aromatic rings. The Bertz CT molecular complexity index is 212. The monoisotopic (exact) mass is 239 g/mol. The first-order valence-electron chi connectivity index (χ1n) is 5.75. The minimum absolute atomic E-state index is 0.0114. The van der Waals surface area contributed by atoms with Gasteiger partial charge in [0, 0.05) is 19.1 Å². The number of ether oxygens (including phenoxy) is 1. The Labute approximate surface area is 94.5 Å². The van der Waals surface area contributed by atoms with Crippen molar-refractivity contribution in [3.8, 4) is 0 Å². The maximum atomic E-state index is 12.0. The zero-order chi connectivity index (χ0) is 12.2. The summed E-state index contributed by atoms with van der Waals surface area (Å²) in [4.78, 5) is 0. The van der Waals surface area contributed by atoms with Crippen LogP contribution in [0.3, 0.4) is 0 Å². The van der Waals surface area contributed by atoms with Gasteiger partial charge in [-0.2, -0.15) is 13.2 Å². The van der Waals surface area contributed by atoms with E-state index in [1.807, 2.05) is 6.92 Å². The van der Waals surface area contributed by atoms with E-state index in [1.54, 1.807) is 7.05 Å². The van der Waals surface area contributed by atoms with E-state index in [9.17, 15) is 13.2 Å². The third kappa shape index (κ3) is 3.94. The van der Waals surface area contributed by atoms with Crippen molar-refractivity contribution in [3.05, 3.63) is 0 Å². The number of hydrogen-bond acceptors (Lipinski definition) is 2. The van der Waals surface area contributed by atoms with E-state index < -0.39 is 12.6 Å². The minimum atomic E-state index is -4.05. The van der Waals surface area contributed by atoms with E-state index in [0.717, 1.165) is 12.8 Å². The Morgan fingerprint density at radius 2 is 2.12 bits per heavy atom. The van der Waals surface area contributed by atoms with E-state index in [2.05, 4.69) is 5.32 Å². The molecule has 0 aromatic carbocycles. The standard InChI is InChI=1S/C11H20F3NO/c1-10(6-4-8-16-10)9(15-2)5-3-7-11(12,13)14/h9,15H,3-8H2,1-2H3. The lowest BCUT2D eigenvalue weighted by Gasteiger charge is -2.33. The molecule has 5 heteroatoms. The van der Waals surface area contributed by atoms with Crippen molar-refractivity contribution < 1.29 is 17.9 Å². The van der Waals surface area contributed by atoms with Crippen molar-refractivity contribution in [1.82, 2.24) is 5.32 Å². The summed E-state index contributed by atoms with van der Waals surface area (Å²) in [5.41, 5.74) is -0.291. The highest BCUT2D eigenvalue weighted by Crippen LogP contribution is 2.32. The molecule has 1 aliphatic rings. The molecule has 0 saturated carbocycles. The lowest BCUT2D eigenvalue weighted by atomic mass is 9.89. The zero-order valence-corrected chi connectivity index (χ0v) is 9.86. The van der Waals surface area contributed by atoms with E-state index in [-0.39, 0.29) is 18.1 Å². The van der Waals surface area contributed by atoms with Crippen molar-refractivity contribution in [3.63, 3.8) is 0 Å². The number of alkyl halides is 3. The second-order valence-electron chi connectivity index (χ2n) is 4.61. The van der Waals surface area contributed by atoms with Gasteiger partial charge in [-0.15, -0.1) is 0 Å². The molecule has 2 atom stereocenters. The van der Waals surface area contributed by atoms with E-state index in [1.165, 1.54) is 0 Å². The summed E-state index contributed by atoms with van der Waals surface area (Å²) >= 11 is 0. The maximum Gasteiger partial charge on any atom is 0.389 e. The lowest BCUT2D eigenvalue weighted by molar-refractivity contribution is -0.136. The number of rotatable bonds is 5. The van der Waals surface area contributed by atoms with Crippen molar-refractivity contribution in [1.29, 1.82) is 0 Å². The van der Waals surface area contributed by atoms with Crippen LogP contribution in [0.4, 0.5) is 13.2 Å². The molecule has 0 aromatic heterocycles. The number of likely N-dealkylation sites (N-methyl/N-ethyl adjacent to an activating group) is 1. The highest BCUT2D eigenvalue weighted by atomic mass is 19.4. The molecule has 0 spiro atoms. The van der Waals surface area contributed by atoms with E-state index >= 15 is 0 Å². The predicted molar refractivity (Wildman–Crippen MR) is 56.3 cm³/mol. The molecular formula is C11H20F3NO. The van der Waals surface area contributed by atoms with Crippen molar-refractivity contribution in [2.45, 2.75) is 56.8 Å². The molecular weight excluding hydrogens is 219 g/mol. The van der Waals surface area contributed by atoms with E-state index in [0.29, 0.717) is 13.0 Å². The molecule has 0 amide bonds. The molecule has 1 fully saturated rings.